The third-order valence-corrected chi connectivity index (χ3v) is 5.17. The topological polar surface area (TPSA) is 21.3 Å². The first-order valence-electron chi connectivity index (χ1n) is 8.02. The highest BCUT2D eigenvalue weighted by atomic mass is 16.5. The van der Waals surface area contributed by atoms with Gasteiger partial charge in [-0.3, -0.25) is 0 Å². The van der Waals surface area contributed by atoms with Gasteiger partial charge in [0.1, 0.15) is 0 Å². The summed E-state index contributed by atoms with van der Waals surface area (Å²) in [5.74, 6) is 0.773. The molecule has 3 rings (SSSR count). The minimum absolute atomic E-state index is 0.451. The number of hydrogen-bond donors (Lipinski definition) is 1. The van der Waals surface area contributed by atoms with E-state index in [1.165, 1.54) is 36.8 Å². The van der Waals surface area contributed by atoms with Crippen LogP contribution in [0, 0.1) is 12.3 Å². The molecule has 1 aliphatic carbocycles. The summed E-state index contributed by atoms with van der Waals surface area (Å²) in [7, 11) is 0. The third-order valence-electron chi connectivity index (χ3n) is 5.17. The molecule has 1 aliphatic heterocycles. The summed E-state index contributed by atoms with van der Waals surface area (Å²) in [5.41, 5.74) is 3.36. The molecule has 0 amide bonds. The molecule has 1 aromatic carbocycles. The van der Waals surface area contributed by atoms with Gasteiger partial charge in [-0.15, -0.1) is 0 Å². The second-order valence-electron chi connectivity index (χ2n) is 7.08. The van der Waals surface area contributed by atoms with Crippen molar-refractivity contribution in [1.82, 2.24) is 5.32 Å². The average molecular weight is 273 g/mol. The largest absolute Gasteiger partial charge is 0.381 e. The minimum atomic E-state index is 0.451. The van der Waals surface area contributed by atoms with E-state index in [0.29, 0.717) is 5.41 Å². The maximum Gasteiger partial charge on any atom is 0.0471 e. The van der Waals surface area contributed by atoms with Crippen LogP contribution in [0.25, 0.3) is 0 Å². The van der Waals surface area contributed by atoms with Crippen molar-refractivity contribution in [3.63, 3.8) is 0 Å². The fourth-order valence-corrected chi connectivity index (χ4v) is 3.41. The van der Waals surface area contributed by atoms with E-state index in [9.17, 15) is 0 Å². The van der Waals surface area contributed by atoms with Gasteiger partial charge in [-0.25, -0.2) is 0 Å². The number of ether oxygens (including phenoxy) is 1. The standard InChI is InChI=1S/C18H27NO/c1-14-4-3-5-15(10-14)16-11-17(12-16)19-13-18(2)6-8-20-9-7-18/h3-5,10,16-17,19H,6-9,11-13H2,1-2H3. The van der Waals surface area contributed by atoms with Crippen molar-refractivity contribution < 1.29 is 4.74 Å². The molecule has 0 radical (unpaired) electrons. The van der Waals surface area contributed by atoms with Gasteiger partial charge in [0.05, 0.1) is 0 Å². The number of hydrogen-bond acceptors (Lipinski definition) is 2. The van der Waals surface area contributed by atoms with Crippen LogP contribution < -0.4 is 5.32 Å². The van der Waals surface area contributed by atoms with Crippen LogP contribution in [0.15, 0.2) is 24.3 Å². The first-order valence-corrected chi connectivity index (χ1v) is 8.02. The monoisotopic (exact) mass is 273 g/mol. The van der Waals surface area contributed by atoms with Gasteiger partial charge in [-0.2, -0.15) is 0 Å². The zero-order valence-corrected chi connectivity index (χ0v) is 12.8. The van der Waals surface area contributed by atoms with Crippen LogP contribution in [0.4, 0.5) is 0 Å². The Morgan fingerprint density at radius 1 is 1.25 bits per heavy atom. The number of benzene rings is 1. The Morgan fingerprint density at radius 3 is 2.70 bits per heavy atom. The van der Waals surface area contributed by atoms with E-state index in [1.807, 2.05) is 0 Å². The Morgan fingerprint density at radius 2 is 2.00 bits per heavy atom. The zero-order chi connectivity index (χ0) is 14.0. The summed E-state index contributed by atoms with van der Waals surface area (Å²) in [6.07, 6.45) is 5.01. The summed E-state index contributed by atoms with van der Waals surface area (Å²) in [4.78, 5) is 0. The van der Waals surface area contributed by atoms with Crippen molar-refractivity contribution in [3.8, 4) is 0 Å². The molecule has 0 unspecified atom stereocenters. The van der Waals surface area contributed by atoms with Gasteiger partial charge >= 0.3 is 0 Å². The molecule has 2 heteroatoms. The lowest BCUT2D eigenvalue weighted by atomic mass is 9.74. The molecule has 2 fully saturated rings. The lowest BCUT2D eigenvalue weighted by molar-refractivity contribution is 0.0211. The van der Waals surface area contributed by atoms with Crippen molar-refractivity contribution in [2.24, 2.45) is 5.41 Å². The highest BCUT2D eigenvalue weighted by molar-refractivity contribution is 5.27. The summed E-state index contributed by atoms with van der Waals surface area (Å²) in [6.45, 7) is 7.62. The molecule has 0 atom stereocenters. The smallest absolute Gasteiger partial charge is 0.0471 e. The molecule has 2 aliphatic rings. The second-order valence-corrected chi connectivity index (χ2v) is 7.08. The molecule has 0 bridgehead atoms. The fraction of sp³-hybridized carbons (Fsp3) is 0.667. The van der Waals surface area contributed by atoms with Crippen molar-refractivity contribution in [2.45, 2.75) is 51.5 Å². The minimum Gasteiger partial charge on any atom is -0.381 e. The van der Waals surface area contributed by atoms with Gasteiger partial charge < -0.3 is 10.1 Å². The van der Waals surface area contributed by atoms with Crippen molar-refractivity contribution in [2.75, 3.05) is 19.8 Å². The van der Waals surface area contributed by atoms with Crippen LogP contribution in [-0.4, -0.2) is 25.8 Å². The quantitative estimate of drug-likeness (QED) is 0.904. The van der Waals surface area contributed by atoms with Crippen molar-refractivity contribution in [3.05, 3.63) is 35.4 Å². The highest BCUT2D eigenvalue weighted by Gasteiger charge is 2.33. The van der Waals surface area contributed by atoms with Crippen molar-refractivity contribution >= 4 is 0 Å². The molecule has 1 aromatic rings. The Balaban J connectivity index is 1.44. The van der Waals surface area contributed by atoms with E-state index in [-0.39, 0.29) is 0 Å². The lowest BCUT2D eigenvalue weighted by Gasteiger charge is -2.40. The maximum absolute atomic E-state index is 5.47. The molecular formula is C18H27NO. The van der Waals surface area contributed by atoms with Crippen molar-refractivity contribution in [1.29, 1.82) is 0 Å². The Bertz CT molecular complexity index is 444. The van der Waals surface area contributed by atoms with Gasteiger partial charge in [0.2, 0.25) is 0 Å². The molecule has 1 saturated carbocycles. The number of aryl methyl sites for hydroxylation is 1. The van der Waals surface area contributed by atoms with Gasteiger partial charge in [-0.05, 0) is 49.5 Å². The molecule has 20 heavy (non-hydrogen) atoms. The average Bonchev–Trinajstić information content (AvgIpc) is 2.38. The predicted molar refractivity (Wildman–Crippen MR) is 83.1 cm³/mol. The van der Waals surface area contributed by atoms with Gasteiger partial charge in [0.25, 0.3) is 0 Å². The van der Waals surface area contributed by atoms with E-state index in [1.54, 1.807) is 0 Å². The first kappa shape index (κ1) is 14.1. The Hall–Kier alpha value is -0.860. The Labute approximate surface area is 122 Å². The summed E-state index contributed by atoms with van der Waals surface area (Å²) in [6, 6.07) is 9.73. The van der Waals surface area contributed by atoms with Crippen LogP contribution in [0.3, 0.4) is 0 Å². The third kappa shape index (κ3) is 3.24. The number of nitrogens with one attached hydrogen (secondary N) is 1. The molecule has 2 nitrogen and oxygen atoms in total. The Kier molecular flexibility index (Phi) is 4.13. The summed E-state index contributed by atoms with van der Waals surface area (Å²) in [5, 5.41) is 3.79. The van der Waals surface area contributed by atoms with Gasteiger partial charge in [0, 0.05) is 25.8 Å². The molecule has 110 valence electrons. The van der Waals surface area contributed by atoms with Crippen LogP contribution in [0.5, 0.6) is 0 Å². The van der Waals surface area contributed by atoms with Crippen LogP contribution >= 0.6 is 0 Å². The molecular weight excluding hydrogens is 246 g/mol. The van der Waals surface area contributed by atoms with E-state index in [4.69, 9.17) is 4.74 Å². The molecule has 0 aromatic heterocycles. The van der Waals surface area contributed by atoms with Gasteiger partial charge in [-0.1, -0.05) is 36.8 Å². The van der Waals surface area contributed by atoms with Gasteiger partial charge in [0.15, 0.2) is 0 Å². The molecule has 1 saturated heterocycles. The summed E-state index contributed by atoms with van der Waals surface area (Å²) < 4.78 is 5.47. The molecule has 0 spiro atoms. The van der Waals surface area contributed by atoms with E-state index < -0.39 is 0 Å². The van der Waals surface area contributed by atoms with E-state index in [0.717, 1.165) is 31.7 Å². The van der Waals surface area contributed by atoms with Crippen LogP contribution in [-0.2, 0) is 4.74 Å². The van der Waals surface area contributed by atoms with E-state index in [2.05, 4.69) is 43.4 Å². The van der Waals surface area contributed by atoms with E-state index >= 15 is 0 Å². The first-order chi connectivity index (χ1) is 9.65. The highest BCUT2D eigenvalue weighted by Crippen LogP contribution is 2.38. The number of rotatable bonds is 4. The second kappa shape index (κ2) is 5.87. The molecule has 1 N–H and O–H groups in total. The maximum atomic E-state index is 5.47. The molecule has 1 heterocycles. The van der Waals surface area contributed by atoms with Crippen LogP contribution in [0.1, 0.15) is 49.7 Å². The SMILES string of the molecule is Cc1cccc(C2CC(NCC3(C)CCOCC3)C2)c1. The summed E-state index contributed by atoms with van der Waals surface area (Å²) >= 11 is 0. The fourth-order valence-electron chi connectivity index (χ4n) is 3.41. The zero-order valence-electron chi connectivity index (χ0n) is 12.8. The normalized spacial score (nSPS) is 28.9. The lowest BCUT2D eigenvalue weighted by Crippen LogP contribution is -2.46. The van der Waals surface area contributed by atoms with Crippen LogP contribution in [0.2, 0.25) is 0 Å². The predicted octanol–water partition coefficient (Wildman–Crippen LogP) is 3.65.